The van der Waals surface area contributed by atoms with Gasteiger partial charge in [0, 0.05) is 11.4 Å². The molecule has 2 aromatic heterocycles. The van der Waals surface area contributed by atoms with Crippen LogP contribution in [0, 0.1) is 6.92 Å². The molecule has 106 valence electrons. The molecule has 0 fully saturated rings. The lowest BCUT2D eigenvalue weighted by molar-refractivity contribution is 0.0694. The molecule has 0 bridgehead atoms. The van der Waals surface area contributed by atoms with Gasteiger partial charge in [-0.3, -0.25) is 0 Å². The van der Waals surface area contributed by atoms with Crippen molar-refractivity contribution >= 4 is 28.5 Å². The first-order valence-electron chi connectivity index (χ1n) is 6.18. The van der Waals surface area contributed by atoms with Gasteiger partial charge in [0.25, 0.3) is 0 Å². The van der Waals surface area contributed by atoms with E-state index in [1.807, 2.05) is 13.0 Å². The van der Waals surface area contributed by atoms with Crippen LogP contribution in [0.2, 0.25) is 0 Å². The van der Waals surface area contributed by atoms with Gasteiger partial charge in [-0.25, -0.2) is 14.8 Å². The summed E-state index contributed by atoms with van der Waals surface area (Å²) < 4.78 is 0. The maximum Gasteiger partial charge on any atom is 0.339 e. The van der Waals surface area contributed by atoms with Crippen molar-refractivity contribution in [1.82, 2.24) is 15.0 Å². The monoisotopic (exact) mass is 284 g/mol. The maximum atomic E-state index is 11.0. The van der Waals surface area contributed by atoms with Crippen molar-refractivity contribution in [2.45, 2.75) is 6.92 Å². The van der Waals surface area contributed by atoms with Gasteiger partial charge in [-0.15, -0.1) is 0 Å². The summed E-state index contributed by atoms with van der Waals surface area (Å²) in [6, 6.07) is 6.16. The number of benzene rings is 1. The topological polar surface area (TPSA) is 111 Å². The van der Waals surface area contributed by atoms with E-state index < -0.39 is 5.97 Å². The third kappa shape index (κ3) is 2.36. The van der Waals surface area contributed by atoms with Gasteiger partial charge < -0.3 is 20.5 Å². The maximum absolute atomic E-state index is 11.0. The largest absolute Gasteiger partial charge is 0.507 e. The molecule has 2 heterocycles. The van der Waals surface area contributed by atoms with E-state index in [0.717, 1.165) is 11.1 Å². The minimum atomic E-state index is -1.19. The Morgan fingerprint density at radius 3 is 2.86 bits per heavy atom. The minimum absolute atomic E-state index is 0.171. The predicted molar refractivity (Wildman–Crippen MR) is 77.0 cm³/mol. The molecule has 7 nitrogen and oxygen atoms in total. The zero-order valence-corrected chi connectivity index (χ0v) is 11.1. The lowest BCUT2D eigenvalue weighted by Gasteiger charge is -2.08. The SMILES string of the molecule is Cc1cc2c(Nc3ccc(O)c(C(=O)O)c3)ncnc2[nH]1. The fraction of sp³-hybridized carbons (Fsp3) is 0.0714. The summed E-state index contributed by atoms with van der Waals surface area (Å²) in [6.45, 7) is 1.91. The zero-order valence-electron chi connectivity index (χ0n) is 11.1. The molecule has 0 saturated carbocycles. The van der Waals surface area contributed by atoms with Crippen LogP contribution in [-0.2, 0) is 0 Å². The van der Waals surface area contributed by atoms with Crippen LogP contribution in [0.3, 0.4) is 0 Å². The van der Waals surface area contributed by atoms with Crippen LogP contribution in [0.15, 0.2) is 30.6 Å². The van der Waals surface area contributed by atoms with Gasteiger partial charge >= 0.3 is 5.97 Å². The molecule has 21 heavy (non-hydrogen) atoms. The summed E-state index contributed by atoms with van der Waals surface area (Å²) in [7, 11) is 0. The number of fused-ring (bicyclic) bond motifs is 1. The van der Waals surface area contributed by atoms with Crippen molar-refractivity contribution in [2.75, 3.05) is 5.32 Å². The van der Waals surface area contributed by atoms with Crippen LogP contribution in [0.5, 0.6) is 5.75 Å². The number of hydrogen-bond acceptors (Lipinski definition) is 5. The Labute approximate surface area is 119 Å². The van der Waals surface area contributed by atoms with Crippen molar-refractivity contribution in [3.05, 3.63) is 41.9 Å². The number of aromatic amines is 1. The van der Waals surface area contributed by atoms with Crippen LogP contribution in [0.4, 0.5) is 11.5 Å². The fourth-order valence-electron chi connectivity index (χ4n) is 2.09. The molecule has 0 aliphatic carbocycles. The summed E-state index contributed by atoms with van der Waals surface area (Å²) in [4.78, 5) is 22.4. The van der Waals surface area contributed by atoms with Crippen LogP contribution in [0.1, 0.15) is 16.1 Å². The van der Waals surface area contributed by atoms with Crippen LogP contribution in [-0.4, -0.2) is 31.1 Å². The van der Waals surface area contributed by atoms with E-state index >= 15 is 0 Å². The van der Waals surface area contributed by atoms with Crippen molar-refractivity contribution in [1.29, 1.82) is 0 Å². The molecule has 0 aliphatic rings. The highest BCUT2D eigenvalue weighted by atomic mass is 16.4. The Morgan fingerprint density at radius 2 is 2.10 bits per heavy atom. The average Bonchev–Trinajstić information content (AvgIpc) is 2.82. The van der Waals surface area contributed by atoms with E-state index in [2.05, 4.69) is 20.3 Å². The molecule has 0 spiro atoms. The number of hydrogen-bond donors (Lipinski definition) is 4. The number of nitrogens with one attached hydrogen (secondary N) is 2. The van der Waals surface area contributed by atoms with E-state index in [1.165, 1.54) is 18.5 Å². The molecule has 0 atom stereocenters. The highest BCUT2D eigenvalue weighted by Gasteiger charge is 2.12. The highest BCUT2D eigenvalue weighted by molar-refractivity contribution is 5.93. The second-order valence-corrected chi connectivity index (χ2v) is 4.60. The number of rotatable bonds is 3. The fourth-order valence-corrected chi connectivity index (χ4v) is 2.09. The average molecular weight is 284 g/mol. The smallest absolute Gasteiger partial charge is 0.339 e. The molecule has 0 aliphatic heterocycles. The van der Waals surface area contributed by atoms with E-state index in [0.29, 0.717) is 17.2 Å². The van der Waals surface area contributed by atoms with Crippen molar-refractivity contribution in [2.24, 2.45) is 0 Å². The predicted octanol–water partition coefficient (Wildman–Crippen LogP) is 2.41. The highest BCUT2D eigenvalue weighted by Crippen LogP contribution is 2.26. The summed E-state index contributed by atoms with van der Waals surface area (Å²) in [5, 5.41) is 22.4. The number of phenols is 1. The molecular formula is C14H12N4O3. The summed E-state index contributed by atoms with van der Waals surface area (Å²) in [5.74, 6) is -0.911. The van der Waals surface area contributed by atoms with Gasteiger partial charge in [-0.1, -0.05) is 0 Å². The molecule has 0 radical (unpaired) electrons. The minimum Gasteiger partial charge on any atom is -0.507 e. The van der Waals surface area contributed by atoms with Crippen LogP contribution >= 0.6 is 0 Å². The lowest BCUT2D eigenvalue weighted by atomic mass is 10.1. The molecule has 4 N–H and O–H groups in total. The quantitative estimate of drug-likeness (QED) is 0.550. The number of aromatic nitrogens is 3. The van der Waals surface area contributed by atoms with Crippen LogP contribution in [0.25, 0.3) is 11.0 Å². The molecule has 0 amide bonds. The van der Waals surface area contributed by atoms with E-state index in [-0.39, 0.29) is 11.3 Å². The number of H-pyrrole nitrogens is 1. The number of aromatic carboxylic acids is 1. The zero-order chi connectivity index (χ0) is 15.0. The first kappa shape index (κ1) is 12.9. The number of carboxylic acid groups (broad SMARTS) is 1. The molecule has 0 unspecified atom stereocenters. The number of carboxylic acids is 1. The number of carbonyl (C=O) groups is 1. The molecule has 3 aromatic rings. The first-order valence-corrected chi connectivity index (χ1v) is 6.18. The molecule has 0 saturated heterocycles. The van der Waals surface area contributed by atoms with Gasteiger partial charge in [0.1, 0.15) is 29.1 Å². The lowest BCUT2D eigenvalue weighted by Crippen LogP contribution is -2.00. The van der Waals surface area contributed by atoms with E-state index in [1.54, 1.807) is 6.07 Å². The summed E-state index contributed by atoms with van der Waals surface area (Å²) in [6.07, 6.45) is 1.42. The molecule has 3 rings (SSSR count). The van der Waals surface area contributed by atoms with Gasteiger partial charge in [-0.05, 0) is 31.2 Å². The Balaban J connectivity index is 2.02. The third-order valence-electron chi connectivity index (χ3n) is 3.05. The van der Waals surface area contributed by atoms with E-state index in [4.69, 9.17) is 5.11 Å². The van der Waals surface area contributed by atoms with Gasteiger partial charge in [-0.2, -0.15) is 0 Å². The van der Waals surface area contributed by atoms with Gasteiger partial charge in [0.2, 0.25) is 0 Å². The van der Waals surface area contributed by atoms with Gasteiger partial charge in [0.05, 0.1) is 5.39 Å². The summed E-state index contributed by atoms with van der Waals surface area (Å²) >= 11 is 0. The molecule has 7 heteroatoms. The Hall–Kier alpha value is -3.09. The number of anilines is 2. The van der Waals surface area contributed by atoms with Crippen molar-refractivity contribution in [3.8, 4) is 5.75 Å². The van der Waals surface area contributed by atoms with Crippen molar-refractivity contribution in [3.63, 3.8) is 0 Å². The normalized spacial score (nSPS) is 10.7. The van der Waals surface area contributed by atoms with E-state index in [9.17, 15) is 9.90 Å². The molecular weight excluding hydrogens is 272 g/mol. The second-order valence-electron chi connectivity index (χ2n) is 4.60. The van der Waals surface area contributed by atoms with Crippen LogP contribution < -0.4 is 5.32 Å². The summed E-state index contributed by atoms with van der Waals surface area (Å²) in [5.41, 5.74) is 1.99. The number of aromatic hydroxyl groups is 1. The third-order valence-corrected chi connectivity index (χ3v) is 3.05. The standard InChI is InChI=1S/C14H12N4O3/c1-7-4-10-12(17-7)15-6-16-13(10)18-8-2-3-11(19)9(5-8)14(20)21/h2-6,19H,1H3,(H,20,21)(H2,15,16,17,18). The number of aryl methyl sites for hydroxylation is 1. The molecule has 1 aromatic carbocycles. The van der Waals surface area contributed by atoms with Crippen molar-refractivity contribution < 1.29 is 15.0 Å². The Morgan fingerprint density at radius 1 is 1.29 bits per heavy atom. The first-order chi connectivity index (χ1) is 10.0. The second kappa shape index (κ2) is 4.78. The Bertz CT molecular complexity index is 841. The Kier molecular flexibility index (Phi) is 2.94. The number of nitrogens with zero attached hydrogens (tertiary/aromatic N) is 2. The van der Waals surface area contributed by atoms with Gasteiger partial charge in [0.15, 0.2) is 0 Å².